The number of rotatable bonds is 4. The van der Waals surface area contributed by atoms with Crippen molar-refractivity contribution in [3.05, 3.63) is 82.5 Å². The Morgan fingerprint density at radius 2 is 1.68 bits per heavy atom. The molecule has 4 N–H and O–H groups in total. The third kappa shape index (κ3) is 5.24. The Bertz CT molecular complexity index is 1260. The van der Waals surface area contributed by atoms with Crippen LogP contribution in [0, 0.1) is 11.8 Å². The molecular weight excluding hydrogens is 478 g/mol. The van der Waals surface area contributed by atoms with Gasteiger partial charge in [0.1, 0.15) is 5.69 Å². The maximum atomic E-state index is 13.9. The number of carbonyl (C=O) groups excluding carboxylic acids is 2. The van der Waals surface area contributed by atoms with Gasteiger partial charge in [-0.2, -0.15) is 0 Å². The highest BCUT2D eigenvalue weighted by Gasteiger charge is 2.39. The first kappa shape index (κ1) is 26.1. The highest BCUT2D eigenvalue weighted by atomic mass is 16.5. The normalized spacial score (nSPS) is 23.0. The van der Waals surface area contributed by atoms with Gasteiger partial charge in [0.05, 0.1) is 17.7 Å². The zero-order valence-corrected chi connectivity index (χ0v) is 22.2. The van der Waals surface area contributed by atoms with E-state index in [9.17, 15) is 14.8 Å². The Hall–Kier alpha value is -3.49. The van der Waals surface area contributed by atoms with Crippen LogP contribution in [0.5, 0.6) is 0 Å². The van der Waals surface area contributed by atoms with Crippen LogP contribution in [0.3, 0.4) is 0 Å². The van der Waals surface area contributed by atoms with Crippen LogP contribution in [0.15, 0.2) is 76.1 Å². The van der Waals surface area contributed by atoms with E-state index in [1.807, 2.05) is 48.8 Å². The molecule has 2 atom stereocenters. The number of nitrogens with two attached hydrogens (primary N) is 1. The number of carbonyl (C=O) groups is 2. The van der Waals surface area contributed by atoms with Crippen molar-refractivity contribution in [3.8, 4) is 0 Å². The summed E-state index contributed by atoms with van der Waals surface area (Å²) in [4.78, 5) is 30.6. The summed E-state index contributed by atoms with van der Waals surface area (Å²) in [6.07, 6.45) is 17.7. The number of nitrogens with one attached hydrogen (secondary N) is 1. The summed E-state index contributed by atoms with van der Waals surface area (Å²) in [5, 5.41) is 14.5. The lowest BCUT2D eigenvalue weighted by atomic mass is 9.79. The maximum absolute atomic E-state index is 13.9. The Morgan fingerprint density at radius 1 is 1.03 bits per heavy atom. The monoisotopic (exact) mass is 515 g/mol. The number of nitrogens with zero attached hydrogens (tertiary/aromatic N) is 3. The number of hydrogen-bond acceptors (Lipinski definition) is 5. The van der Waals surface area contributed by atoms with E-state index in [0.717, 1.165) is 58.7 Å². The molecule has 0 bridgehead atoms. The van der Waals surface area contributed by atoms with Gasteiger partial charge in [-0.25, -0.2) is 10.1 Å². The molecule has 1 saturated carbocycles. The Kier molecular flexibility index (Phi) is 7.63. The summed E-state index contributed by atoms with van der Waals surface area (Å²) < 4.78 is 1.97. The molecule has 0 radical (unpaired) electrons. The molecule has 1 aromatic rings. The van der Waals surface area contributed by atoms with Crippen molar-refractivity contribution >= 4 is 17.5 Å². The van der Waals surface area contributed by atoms with Gasteiger partial charge in [0, 0.05) is 31.2 Å². The number of hydrogen-bond donors (Lipinski definition) is 3. The summed E-state index contributed by atoms with van der Waals surface area (Å²) in [6, 6.07) is 3.49. The van der Waals surface area contributed by atoms with Crippen LogP contribution in [-0.2, 0) is 11.3 Å². The van der Waals surface area contributed by atoms with Gasteiger partial charge in [-0.3, -0.25) is 14.8 Å². The molecule has 200 valence electrons. The van der Waals surface area contributed by atoms with E-state index in [1.165, 1.54) is 12.8 Å². The van der Waals surface area contributed by atoms with Crippen molar-refractivity contribution in [3.63, 3.8) is 0 Å². The lowest BCUT2D eigenvalue weighted by molar-refractivity contribution is -0.124. The van der Waals surface area contributed by atoms with E-state index in [4.69, 9.17) is 5.73 Å². The predicted molar refractivity (Wildman–Crippen MR) is 147 cm³/mol. The molecule has 8 heteroatoms. The molecule has 0 unspecified atom stereocenters. The fourth-order valence-corrected chi connectivity index (χ4v) is 6.49. The van der Waals surface area contributed by atoms with Crippen LogP contribution in [0.4, 0.5) is 0 Å². The van der Waals surface area contributed by atoms with Crippen molar-refractivity contribution in [1.82, 2.24) is 14.9 Å². The average molecular weight is 516 g/mol. The molecule has 2 amide bonds. The summed E-state index contributed by atoms with van der Waals surface area (Å²) in [6.45, 7) is 5.24. The second-order valence-corrected chi connectivity index (χ2v) is 10.7. The van der Waals surface area contributed by atoms with Crippen LogP contribution in [0.1, 0.15) is 74.6 Å². The van der Waals surface area contributed by atoms with Crippen LogP contribution < -0.4 is 11.1 Å². The van der Waals surface area contributed by atoms with Gasteiger partial charge in [0.2, 0.25) is 0 Å². The molecule has 0 aromatic carbocycles. The zero-order valence-electron chi connectivity index (χ0n) is 22.2. The SMILES string of the molecule is CC1=CN(O)C=C(C)C1=C1C=CC(=NC(=O)[C@@H](C2CCCCCC2)[C@@H]2NCCn3c(C(N)=O)ccc32)C=C1. The first-order valence-electron chi connectivity index (χ1n) is 13.6. The average Bonchev–Trinajstić information content (AvgIpc) is 3.14. The van der Waals surface area contributed by atoms with E-state index in [1.54, 1.807) is 18.5 Å². The van der Waals surface area contributed by atoms with Crippen LogP contribution in [0.25, 0.3) is 0 Å². The van der Waals surface area contributed by atoms with Gasteiger partial charge in [-0.15, -0.1) is 0 Å². The first-order valence-corrected chi connectivity index (χ1v) is 13.6. The molecule has 2 aliphatic heterocycles. The minimum Gasteiger partial charge on any atom is -0.364 e. The van der Waals surface area contributed by atoms with Crippen molar-refractivity contribution in [1.29, 1.82) is 0 Å². The second kappa shape index (κ2) is 11.1. The molecule has 0 spiro atoms. The maximum Gasteiger partial charge on any atom is 0.265 e. The lowest BCUT2D eigenvalue weighted by Gasteiger charge is -2.36. The number of aromatic nitrogens is 1. The highest BCUT2D eigenvalue weighted by Crippen LogP contribution is 2.39. The van der Waals surface area contributed by atoms with Gasteiger partial charge < -0.3 is 15.6 Å². The van der Waals surface area contributed by atoms with E-state index in [0.29, 0.717) is 24.5 Å². The lowest BCUT2D eigenvalue weighted by Crippen LogP contribution is -2.43. The van der Waals surface area contributed by atoms with Crippen molar-refractivity contribution in [2.24, 2.45) is 22.6 Å². The zero-order chi connectivity index (χ0) is 26.8. The first-order chi connectivity index (χ1) is 18.3. The van der Waals surface area contributed by atoms with Crippen molar-refractivity contribution < 1.29 is 14.8 Å². The van der Waals surface area contributed by atoms with Crippen molar-refractivity contribution in [2.75, 3.05) is 6.54 Å². The second-order valence-electron chi connectivity index (χ2n) is 10.7. The summed E-state index contributed by atoms with van der Waals surface area (Å²) in [5.41, 5.74) is 11.7. The molecular formula is C30H37N5O3. The fraction of sp³-hybridized carbons (Fsp3) is 0.433. The summed E-state index contributed by atoms with van der Waals surface area (Å²) in [7, 11) is 0. The standard InChI is InChI=1S/C30H37N5O3/c1-19-17-34(38)18-20(2)26(19)22-9-11-23(12-10-22)33-30(37)27(21-7-5-3-4-6-8-21)28-24-13-14-25(29(31)36)35(24)16-15-32-28/h9-14,17-18,21,27-28,32,38H,3-8,15-16H2,1-2H3,(H2,31,36)/t27-,28+/m0/s1. The smallest absolute Gasteiger partial charge is 0.265 e. The predicted octanol–water partition coefficient (Wildman–Crippen LogP) is 4.72. The molecule has 5 rings (SSSR count). The van der Waals surface area contributed by atoms with E-state index < -0.39 is 5.91 Å². The number of hydroxylamine groups is 2. The fourth-order valence-electron chi connectivity index (χ4n) is 6.49. The molecule has 3 heterocycles. The number of allylic oxidation sites excluding steroid dienone is 8. The molecule has 1 fully saturated rings. The van der Waals surface area contributed by atoms with Crippen LogP contribution >= 0.6 is 0 Å². The third-order valence-corrected chi connectivity index (χ3v) is 8.17. The molecule has 0 saturated heterocycles. The van der Waals surface area contributed by atoms with E-state index in [-0.39, 0.29) is 23.8 Å². The highest BCUT2D eigenvalue weighted by molar-refractivity contribution is 6.11. The minimum absolute atomic E-state index is 0.120. The van der Waals surface area contributed by atoms with Gasteiger partial charge in [-0.05, 0) is 79.2 Å². The van der Waals surface area contributed by atoms with E-state index in [2.05, 4.69) is 10.3 Å². The summed E-state index contributed by atoms with van der Waals surface area (Å²) in [5.74, 6) is -0.660. The van der Waals surface area contributed by atoms with Gasteiger partial charge in [0.15, 0.2) is 0 Å². The van der Waals surface area contributed by atoms with Crippen LogP contribution in [0.2, 0.25) is 0 Å². The molecule has 2 aliphatic carbocycles. The number of amides is 2. The molecule has 38 heavy (non-hydrogen) atoms. The Balaban J connectivity index is 1.45. The summed E-state index contributed by atoms with van der Waals surface area (Å²) >= 11 is 0. The topological polar surface area (TPSA) is 113 Å². The molecule has 4 aliphatic rings. The molecule has 8 nitrogen and oxygen atoms in total. The van der Waals surface area contributed by atoms with E-state index >= 15 is 0 Å². The third-order valence-electron chi connectivity index (χ3n) is 8.17. The number of fused-ring (bicyclic) bond motifs is 1. The minimum atomic E-state index is -0.447. The Morgan fingerprint density at radius 3 is 2.32 bits per heavy atom. The quantitative estimate of drug-likeness (QED) is 0.502. The van der Waals surface area contributed by atoms with Gasteiger partial charge in [-0.1, -0.05) is 37.8 Å². The number of primary amides is 1. The molecule has 1 aromatic heterocycles. The van der Waals surface area contributed by atoms with Crippen LogP contribution in [-0.4, -0.2) is 38.9 Å². The largest absolute Gasteiger partial charge is 0.364 e. The Labute approximate surface area is 223 Å². The van der Waals surface area contributed by atoms with Gasteiger partial charge >= 0.3 is 0 Å². The van der Waals surface area contributed by atoms with Crippen molar-refractivity contribution in [2.45, 2.75) is 65.0 Å². The van der Waals surface area contributed by atoms with Gasteiger partial charge in [0.25, 0.3) is 11.8 Å². The number of aliphatic imine (C=N–C) groups is 1.